The van der Waals surface area contributed by atoms with Crippen LogP contribution >= 0.6 is 0 Å². The summed E-state index contributed by atoms with van der Waals surface area (Å²) in [6.07, 6.45) is 2.71. The van der Waals surface area contributed by atoms with Crippen LogP contribution in [0, 0.1) is 0 Å². The number of aryl methyl sites for hydroxylation is 1. The van der Waals surface area contributed by atoms with E-state index in [-0.39, 0.29) is 35.9 Å². The van der Waals surface area contributed by atoms with E-state index in [1.54, 1.807) is 0 Å². The minimum absolute atomic E-state index is 0.0468. The lowest BCUT2D eigenvalue weighted by Gasteiger charge is -2.18. The summed E-state index contributed by atoms with van der Waals surface area (Å²) in [4.78, 5) is 16.5. The van der Waals surface area contributed by atoms with Gasteiger partial charge in [0.25, 0.3) is 0 Å². The predicted molar refractivity (Wildman–Crippen MR) is 113 cm³/mol. The molecule has 1 saturated heterocycles. The van der Waals surface area contributed by atoms with Gasteiger partial charge in [-0.2, -0.15) is 0 Å². The first-order valence-electron chi connectivity index (χ1n) is 9.96. The number of guanidine groups is 1. The topological polar surface area (TPSA) is 99.7 Å². The van der Waals surface area contributed by atoms with E-state index in [0.29, 0.717) is 18.9 Å². The third-order valence-corrected chi connectivity index (χ3v) is 6.41. The smallest absolute Gasteiger partial charge is 0.222 e. The molecule has 0 aliphatic carbocycles. The van der Waals surface area contributed by atoms with Crippen molar-refractivity contribution in [3.8, 4) is 0 Å². The SMILES string of the molecule is CCNC(=NCCC(=O)NC1CCS(=O)(=O)C1)NC(C)CCc1ccccc1. The Kier molecular flexibility index (Phi) is 8.76. The van der Waals surface area contributed by atoms with E-state index < -0.39 is 9.84 Å². The lowest BCUT2D eigenvalue weighted by Crippen LogP contribution is -2.42. The summed E-state index contributed by atoms with van der Waals surface area (Å²) in [7, 11) is -2.98. The number of hydrogen-bond acceptors (Lipinski definition) is 4. The van der Waals surface area contributed by atoms with Crippen molar-refractivity contribution in [3.05, 3.63) is 35.9 Å². The Bertz CT molecular complexity index is 750. The van der Waals surface area contributed by atoms with Gasteiger partial charge in [-0.15, -0.1) is 0 Å². The van der Waals surface area contributed by atoms with Crippen LogP contribution < -0.4 is 16.0 Å². The summed E-state index contributed by atoms with van der Waals surface area (Å²) in [5, 5.41) is 9.36. The molecule has 2 rings (SSSR count). The maximum absolute atomic E-state index is 12.0. The van der Waals surface area contributed by atoms with Gasteiger partial charge < -0.3 is 16.0 Å². The van der Waals surface area contributed by atoms with Gasteiger partial charge in [-0.3, -0.25) is 9.79 Å². The summed E-state index contributed by atoms with van der Waals surface area (Å²) < 4.78 is 22.9. The molecule has 0 saturated carbocycles. The van der Waals surface area contributed by atoms with Crippen LogP contribution in [0.1, 0.15) is 38.7 Å². The molecule has 1 aromatic carbocycles. The first kappa shape index (κ1) is 22.2. The number of hydrogen-bond donors (Lipinski definition) is 3. The molecule has 1 amide bonds. The van der Waals surface area contributed by atoms with Crippen LogP contribution in [0.3, 0.4) is 0 Å². The van der Waals surface area contributed by atoms with E-state index in [9.17, 15) is 13.2 Å². The first-order valence-corrected chi connectivity index (χ1v) is 11.8. The Labute approximate surface area is 168 Å². The van der Waals surface area contributed by atoms with Gasteiger partial charge in [0.2, 0.25) is 5.91 Å². The lowest BCUT2D eigenvalue weighted by molar-refractivity contribution is -0.121. The normalized spacial score (nSPS) is 19.8. The average molecular weight is 409 g/mol. The van der Waals surface area contributed by atoms with Crippen molar-refractivity contribution in [1.82, 2.24) is 16.0 Å². The van der Waals surface area contributed by atoms with E-state index in [0.717, 1.165) is 19.4 Å². The zero-order chi connectivity index (χ0) is 20.4. The first-order chi connectivity index (χ1) is 13.4. The third kappa shape index (κ3) is 8.29. The molecule has 3 N–H and O–H groups in total. The van der Waals surface area contributed by atoms with Crippen molar-refractivity contribution in [2.45, 2.75) is 51.6 Å². The fourth-order valence-corrected chi connectivity index (χ4v) is 4.80. The highest BCUT2D eigenvalue weighted by Crippen LogP contribution is 2.11. The molecule has 0 bridgehead atoms. The molecule has 1 aliphatic heterocycles. The number of carbonyl (C=O) groups is 1. The zero-order valence-corrected chi connectivity index (χ0v) is 17.6. The monoisotopic (exact) mass is 408 g/mol. The molecule has 2 atom stereocenters. The average Bonchev–Trinajstić information content (AvgIpc) is 2.99. The Balaban J connectivity index is 1.73. The third-order valence-electron chi connectivity index (χ3n) is 4.64. The minimum atomic E-state index is -2.98. The van der Waals surface area contributed by atoms with Gasteiger partial charge in [-0.25, -0.2) is 8.42 Å². The number of rotatable bonds is 9. The van der Waals surface area contributed by atoms with Crippen molar-refractivity contribution >= 4 is 21.7 Å². The number of nitrogens with one attached hydrogen (secondary N) is 3. The van der Waals surface area contributed by atoms with E-state index in [1.165, 1.54) is 5.56 Å². The molecule has 0 aromatic heterocycles. The molecule has 1 heterocycles. The van der Waals surface area contributed by atoms with Gasteiger partial charge in [-0.05, 0) is 38.7 Å². The van der Waals surface area contributed by atoms with Gasteiger partial charge in [0, 0.05) is 25.0 Å². The Morgan fingerprint density at radius 3 is 2.68 bits per heavy atom. The standard InChI is InChI=1S/C20H32N4O3S/c1-3-21-20(23-16(2)9-10-17-7-5-4-6-8-17)22-13-11-19(25)24-18-12-14-28(26,27)15-18/h4-8,16,18H,3,9-15H2,1-2H3,(H,24,25)(H2,21,22,23). The zero-order valence-electron chi connectivity index (χ0n) is 16.8. The Hall–Kier alpha value is -2.09. The quantitative estimate of drug-likeness (QED) is 0.422. The minimum Gasteiger partial charge on any atom is -0.357 e. The van der Waals surface area contributed by atoms with Gasteiger partial charge in [-0.1, -0.05) is 30.3 Å². The van der Waals surface area contributed by atoms with E-state index >= 15 is 0 Å². The molecule has 0 spiro atoms. The van der Waals surface area contributed by atoms with Gasteiger partial charge in [0.15, 0.2) is 15.8 Å². The highest BCUT2D eigenvalue weighted by molar-refractivity contribution is 7.91. The van der Waals surface area contributed by atoms with Crippen LogP contribution in [0.15, 0.2) is 35.3 Å². The molecule has 0 radical (unpaired) electrons. The summed E-state index contributed by atoms with van der Waals surface area (Å²) in [5.41, 5.74) is 1.31. The Morgan fingerprint density at radius 2 is 2.04 bits per heavy atom. The molecule has 28 heavy (non-hydrogen) atoms. The number of carbonyl (C=O) groups excluding carboxylic acids is 1. The summed E-state index contributed by atoms with van der Waals surface area (Å²) >= 11 is 0. The van der Waals surface area contributed by atoms with E-state index in [4.69, 9.17) is 0 Å². The van der Waals surface area contributed by atoms with Crippen LogP contribution in [-0.2, 0) is 21.1 Å². The van der Waals surface area contributed by atoms with Gasteiger partial charge >= 0.3 is 0 Å². The molecular formula is C20H32N4O3S. The fourth-order valence-electron chi connectivity index (χ4n) is 3.13. The van der Waals surface area contributed by atoms with Crippen LogP contribution in [-0.4, -0.2) is 57.0 Å². The lowest BCUT2D eigenvalue weighted by atomic mass is 10.1. The molecular weight excluding hydrogens is 376 g/mol. The predicted octanol–water partition coefficient (Wildman–Crippen LogP) is 1.26. The van der Waals surface area contributed by atoms with Crippen molar-refractivity contribution < 1.29 is 13.2 Å². The van der Waals surface area contributed by atoms with Crippen LogP contribution in [0.2, 0.25) is 0 Å². The highest BCUT2D eigenvalue weighted by atomic mass is 32.2. The van der Waals surface area contributed by atoms with Crippen molar-refractivity contribution in [2.24, 2.45) is 4.99 Å². The molecule has 1 aromatic rings. The van der Waals surface area contributed by atoms with Gasteiger partial charge in [0.1, 0.15) is 0 Å². The Morgan fingerprint density at radius 1 is 1.29 bits per heavy atom. The summed E-state index contributed by atoms with van der Waals surface area (Å²) in [6.45, 7) is 5.21. The number of benzene rings is 1. The number of amides is 1. The van der Waals surface area contributed by atoms with Crippen molar-refractivity contribution in [3.63, 3.8) is 0 Å². The van der Waals surface area contributed by atoms with Gasteiger partial charge in [0.05, 0.1) is 18.1 Å². The number of aliphatic imine (C=N–C) groups is 1. The fraction of sp³-hybridized carbons (Fsp3) is 0.600. The number of sulfone groups is 1. The second-order valence-electron chi connectivity index (χ2n) is 7.25. The van der Waals surface area contributed by atoms with Crippen molar-refractivity contribution in [2.75, 3.05) is 24.6 Å². The maximum Gasteiger partial charge on any atom is 0.222 e. The van der Waals surface area contributed by atoms with E-state index in [1.807, 2.05) is 25.1 Å². The number of nitrogens with zero attached hydrogens (tertiary/aromatic N) is 1. The molecule has 7 nitrogen and oxygen atoms in total. The summed E-state index contributed by atoms with van der Waals surface area (Å²) in [5.74, 6) is 0.745. The molecule has 2 unspecified atom stereocenters. The largest absolute Gasteiger partial charge is 0.357 e. The molecule has 156 valence electrons. The highest BCUT2D eigenvalue weighted by Gasteiger charge is 2.28. The van der Waals surface area contributed by atoms with Crippen molar-refractivity contribution in [1.29, 1.82) is 0 Å². The van der Waals surface area contributed by atoms with E-state index in [2.05, 4.69) is 40.0 Å². The summed E-state index contributed by atoms with van der Waals surface area (Å²) in [6, 6.07) is 10.3. The van der Waals surface area contributed by atoms with Crippen LogP contribution in [0.25, 0.3) is 0 Å². The van der Waals surface area contributed by atoms with Crippen LogP contribution in [0.4, 0.5) is 0 Å². The molecule has 8 heteroatoms. The molecule has 1 aliphatic rings. The molecule has 1 fully saturated rings. The second-order valence-corrected chi connectivity index (χ2v) is 9.48. The maximum atomic E-state index is 12.0. The second kappa shape index (κ2) is 11.0. The van der Waals surface area contributed by atoms with Crippen LogP contribution in [0.5, 0.6) is 0 Å².